The van der Waals surface area contributed by atoms with Crippen LogP contribution in [0.4, 0.5) is 0 Å². The van der Waals surface area contributed by atoms with Gasteiger partial charge in [-0.1, -0.05) is 19.9 Å². The highest BCUT2D eigenvalue weighted by atomic mass is 32.2. The lowest BCUT2D eigenvalue weighted by atomic mass is 9.85. The summed E-state index contributed by atoms with van der Waals surface area (Å²) in [5, 5.41) is 8.86. The van der Waals surface area contributed by atoms with E-state index in [4.69, 9.17) is 5.26 Å². The molecule has 0 bridgehead atoms. The Morgan fingerprint density at radius 3 is 2.74 bits per heavy atom. The van der Waals surface area contributed by atoms with Gasteiger partial charge in [0, 0.05) is 13.1 Å². The highest BCUT2D eigenvalue weighted by molar-refractivity contribution is 7.89. The molecule has 1 aliphatic rings. The molecule has 1 fully saturated rings. The normalized spacial score (nSPS) is 19.8. The molecule has 0 spiro atoms. The van der Waals surface area contributed by atoms with Crippen LogP contribution in [0, 0.1) is 16.7 Å². The Bertz CT molecular complexity index is 615. The lowest BCUT2D eigenvalue weighted by Crippen LogP contribution is -2.43. The van der Waals surface area contributed by atoms with Crippen LogP contribution in [0.15, 0.2) is 29.2 Å². The zero-order valence-corrected chi connectivity index (χ0v) is 12.1. The number of nitriles is 1. The molecule has 0 amide bonds. The van der Waals surface area contributed by atoms with Crippen molar-refractivity contribution in [3.63, 3.8) is 0 Å². The fourth-order valence-electron chi connectivity index (χ4n) is 2.45. The van der Waals surface area contributed by atoms with Crippen LogP contribution in [0.1, 0.15) is 32.3 Å². The number of hydrogen-bond donors (Lipinski definition) is 0. The van der Waals surface area contributed by atoms with Gasteiger partial charge in [0.1, 0.15) is 0 Å². The van der Waals surface area contributed by atoms with Crippen LogP contribution in [-0.2, 0) is 10.0 Å². The van der Waals surface area contributed by atoms with E-state index < -0.39 is 10.0 Å². The van der Waals surface area contributed by atoms with Crippen LogP contribution in [-0.4, -0.2) is 25.8 Å². The molecule has 1 aromatic rings. The first-order valence-corrected chi connectivity index (χ1v) is 7.79. The Hall–Kier alpha value is -1.38. The highest BCUT2D eigenvalue weighted by Crippen LogP contribution is 2.31. The molecule has 1 heterocycles. The third kappa shape index (κ3) is 2.96. The van der Waals surface area contributed by atoms with Crippen LogP contribution in [0.2, 0.25) is 0 Å². The molecule has 0 atom stereocenters. The van der Waals surface area contributed by atoms with Gasteiger partial charge in [-0.25, -0.2) is 8.42 Å². The minimum atomic E-state index is -3.48. The average Bonchev–Trinajstić information content (AvgIpc) is 2.37. The predicted octanol–water partition coefficient (Wildman–Crippen LogP) is 2.37. The molecule has 19 heavy (non-hydrogen) atoms. The summed E-state index contributed by atoms with van der Waals surface area (Å²) in [4.78, 5) is 0.212. The van der Waals surface area contributed by atoms with E-state index in [-0.39, 0.29) is 10.3 Å². The second kappa shape index (κ2) is 4.95. The van der Waals surface area contributed by atoms with Crippen molar-refractivity contribution in [3.8, 4) is 6.07 Å². The summed E-state index contributed by atoms with van der Waals surface area (Å²) in [7, 11) is -3.48. The predicted molar refractivity (Wildman–Crippen MR) is 72.9 cm³/mol. The van der Waals surface area contributed by atoms with E-state index in [1.165, 1.54) is 10.4 Å². The van der Waals surface area contributed by atoms with E-state index in [0.29, 0.717) is 18.7 Å². The van der Waals surface area contributed by atoms with Gasteiger partial charge in [0.05, 0.1) is 16.5 Å². The first kappa shape index (κ1) is 14.0. The fraction of sp³-hybridized carbons (Fsp3) is 0.500. The van der Waals surface area contributed by atoms with Crippen LogP contribution >= 0.6 is 0 Å². The molecule has 0 aromatic heterocycles. The lowest BCUT2D eigenvalue weighted by molar-refractivity contribution is 0.187. The molecule has 0 radical (unpaired) electrons. The first-order valence-electron chi connectivity index (χ1n) is 6.35. The molecular formula is C14H18N2O2S. The molecule has 0 saturated carbocycles. The first-order chi connectivity index (χ1) is 8.85. The van der Waals surface area contributed by atoms with Crippen molar-refractivity contribution in [1.82, 2.24) is 4.31 Å². The minimum Gasteiger partial charge on any atom is -0.207 e. The van der Waals surface area contributed by atoms with E-state index in [9.17, 15) is 8.42 Å². The van der Waals surface area contributed by atoms with Crippen molar-refractivity contribution in [3.05, 3.63) is 29.8 Å². The SMILES string of the molecule is CC1(C)CCCN(S(=O)(=O)c2cccc(C#N)c2)C1. The average molecular weight is 278 g/mol. The molecule has 1 aromatic carbocycles. The zero-order chi connectivity index (χ0) is 14.1. The molecule has 4 nitrogen and oxygen atoms in total. The van der Waals surface area contributed by atoms with Crippen molar-refractivity contribution in [2.45, 2.75) is 31.6 Å². The molecule has 0 N–H and O–H groups in total. The molecule has 0 aliphatic carbocycles. The van der Waals surface area contributed by atoms with Crippen molar-refractivity contribution >= 4 is 10.0 Å². The Kier molecular flexibility index (Phi) is 3.66. The van der Waals surface area contributed by atoms with Crippen LogP contribution < -0.4 is 0 Å². The van der Waals surface area contributed by atoms with Crippen molar-refractivity contribution in [2.75, 3.05) is 13.1 Å². The van der Waals surface area contributed by atoms with Crippen LogP contribution in [0.25, 0.3) is 0 Å². The van der Waals surface area contributed by atoms with Gasteiger partial charge in [0.15, 0.2) is 0 Å². The second-order valence-electron chi connectivity index (χ2n) is 5.75. The van der Waals surface area contributed by atoms with Gasteiger partial charge < -0.3 is 0 Å². The van der Waals surface area contributed by atoms with E-state index in [2.05, 4.69) is 13.8 Å². The summed E-state index contributed by atoms with van der Waals surface area (Å²) in [5.74, 6) is 0. The van der Waals surface area contributed by atoms with Gasteiger partial charge >= 0.3 is 0 Å². The molecule has 2 rings (SSSR count). The quantitative estimate of drug-likeness (QED) is 0.834. The topological polar surface area (TPSA) is 61.2 Å². The number of nitrogens with zero attached hydrogens (tertiary/aromatic N) is 2. The van der Waals surface area contributed by atoms with E-state index in [1.807, 2.05) is 6.07 Å². The smallest absolute Gasteiger partial charge is 0.207 e. The zero-order valence-electron chi connectivity index (χ0n) is 11.3. The maximum absolute atomic E-state index is 12.6. The Morgan fingerprint density at radius 1 is 1.37 bits per heavy atom. The van der Waals surface area contributed by atoms with Gasteiger partial charge in [0.25, 0.3) is 0 Å². The van der Waals surface area contributed by atoms with Crippen molar-refractivity contribution in [2.24, 2.45) is 5.41 Å². The molecule has 102 valence electrons. The standard InChI is InChI=1S/C14H18N2O2S/c1-14(2)7-4-8-16(11-14)19(17,18)13-6-3-5-12(9-13)10-15/h3,5-6,9H,4,7-8,11H2,1-2H3. The number of piperidine rings is 1. The highest BCUT2D eigenvalue weighted by Gasteiger charge is 2.34. The van der Waals surface area contributed by atoms with Gasteiger partial charge in [-0.15, -0.1) is 0 Å². The van der Waals surface area contributed by atoms with Crippen LogP contribution in [0.5, 0.6) is 0 Å². The lowest BCUT2D eigenvalue weighted by Gasteiger charge is -2.37. The monoisotopic (exact) mass is 278 g/mol. The van der Waals surface area contributed by atoms with Crippen molar-refractivity contribution in [1.29, 1.82) is 5.26 Å². The van der Waals surface area contributed by atoms with Crippen LogP contribution in [0.3, 0.4) is 0 Å². The third-order valence-corrected chi connectivity index (χ3v) is 5.31. The molecule has 1 saturated heterocycles. The largest absolute Gasteiger partial charge is 0.243 e. The number of sulfonamides is 1. The minimum absolute atomic E-state index is 0.0121. The molecular weight excluding hydrogens is 260 g/mol. The third-order valence-electron chi connectivity index (χ3n) is 3.47. The molecule has 0 unspecified atom stereocenters. The van der Waals surface area contributed by atoms with Gasteiger partial charge in [-0.3, -0.25) is 0 Å². The Balaban J connectivity index is 2.34. The summed E-state index contributed by atoms with van der Waals surface area (Å²) >= 11 is 0. The Labute approximate surface area is 114 Å². The summed E-state index contributed by atoms with van der Waals surface area (Å²) in [6.07, 6.45) is 1.92. The van der Waals surface area contributed by atoms with Gasteiger partial charge in [-0.05, 0) is 36.5 Å². The second-order valence-corrected chi connectivity index (χ2v) is 7.68. The summed E-state index contributed by atoms with van der Waals surface area (Å²) in [5.41, 5.74) is 0.385. The Morgan fingerprint density at radius 2 is 2.11 bits per heavy atom. The number of hydrogen-bond acceptors (Lipinski definition) is 3. The molecule has 1 aliphatic heterocycles. The number of benzene rings is 1. The van der Waals surface area contributed by atoms with E-state index in [0.717, 1.165) is 12.8 Å². The van der Waals surface area contributed by atoms with Gasteiger partial charge in [-0.2, -0.15) is 9.57 Å². The summed E-state index contributed by atoms with van der Waals surface area (Å²) < 4.78 is 26.7. The van der Waals surface area contributed by atoms with E-state index >= 15 is 0 Å². The maximum atomic E-state index is 12.6. The molecule has 5 heteroatoms. The maximum Gasteiger partial charge on any atom is 0.243 e. The van der Waals surface area contributed by atoms with E-state index in [1.54, 1.807) is 18.2 Å². The fourth-order valence-corrected chi connectivity index (χ4v) is 4.16. The summed E-state index contributed by atoms with van der Waals surface area (Å²) in [6, 6.07) is 8.19. The number of rotatable bonds is 2. The van der Waals surface area contributed by atoms with Crippen molar-refractivity contribution < 1.29 is 8.42 Å². The summed E-state index contributed by atoms with van der Waals surface area (Å²) in [6.45, 7) is 5.26. The van der Waals surface area contributed by atoms with Gasteiger partial charge in [0.2, 0.25) is 10.0 Å².